The average molecular weight is 239 g/mol. The third kappa shape index (κ3) is 3.90. The summed E-state index contributed by atoms with van der Waals surface area (Å²) in [5.74, 6) is 0.0823. The fraction of sp³-hybridized carbons (Fsp3) is 0.636. The van der Waals surface area contributed by atoms with Crippen LogP contribution in [-0.4, -0.2) is 30.0 Å². The summed E-state index contributed by atoms with van der Waals surface area (Å²) in [6, 6.07) is 0.590. The molecule has 88 valence electrons. The molecule has 1 fully saturated rings. The van der Waals surface area contributed by atoms with E-state index in [2.05, 4.69) is 15.6 Å². The zero-order valence-electron chi connectivity index (χ0n) is 9.45. The van der Waals surface area contributed by atoms with Crippen LogP contribution in [0.2, 0.25) is 0 Å². The van der Waals surface area contributed by atoms with Gasteiger partial charge in [-0.25, -0.2) is 4.98 Å². The minimum Gasteiger partial charge on any atom is -0.355 e. The van der Waals surface area contributed by atoms with E-state index >= 15 is 0 Å². The standard InChI is InChI=1S/C11H17N3OS/c1-8-14-10(7-16-8)4-5-12-11(15)6-13-9-2-3-9/h7,9,13H,2-6H2,1H3,(H,12,15). The zero-order valence-corrected chi connectivity index (χ0v) is 10.3. The van der Waals surface area contributed by atoms with Gasteiger partial charge in [-0.1, -0.05) is 0 Å². The van der Waals surface area contributed by atoms with Gasteiger partial charge in [0, 0.05) is 24.4 Å². The number of nitrogens with zero attached hydrogens (tertiary/aromatic N) is 1. The summed E-state index contributed by atoms with van der Waals surface area (Å²) >= 11 is 1.65. The molecule has 4 nitrogen and oxygen atoms in total. The van der Waals surface area contributed by atoms with E-state index in [4.69, 9.17) is 0 Å². The van der Waals surface area contributed by atoms with E-state index in [1.54, 1.807) is 11.3 Å². The Hall–Kier alpha value is -0.940. The number of aryl methyl sites for hydroxylation is 1. The van der Waals surface area contributed by atoms with E-state index < -0.39 is 0 Å². The summed E-state index contributed by atoms with van der Waals surface area (Å²) in [5, 5.41) is 9.20. The molecule has 0 aromatic carbocycles. The minimum atomic E-state index is 0.0823. The molecule has 0 aliphatic heterocycles. The lowest BCUT2D eigenvalue weighted by atomic mass is 10.3. The first kappa shape index (κ1) is 11.5. The summed E-state index contributed by atoms with van der Waals surface area (Å²) < 4.78 is 0. The van der Waals surface area contributed by atoms with E-state index in [9.17, 15) is 4.79 Å². The van der Waals surface area contributed by atoms with Gasteiger partial charge in [0.05, 0.1) is 17.2 Å². The van der Waals surface area contributed by atoms with Crippen LogP contribution in [0.25, 0.3) is 0 Å². The van der Waals surface area contributed by atoms with Crippen molar-refractivity contribution < 1.29 is 4.79 Å². The fourth-order valence-electron chi connectivity index (χ4n) is 1.44. The molecular weight excluding hydrogens is 222 g/mol. The summed E-state index contributed by atoms with van der Waals surface area (Å²) in [6.07, 6.45) is 3.25. The number of carbonyl (C=O) groups is 1. The van der Waals surface area contributed by atoms with Gasteiger partial charge in [0.2, 0.25) is 5.91 Å². The van der Waals surface area contributed by atoms with Crippen LogP contribution in [0, 0.1) is 6.92 Å². The molecular formula is C11H17N3OS. The minimum absolute atomic E-state index is 0.0823. The zero-order chi connectivity index (χ0) is 11.4. The quantitative estimate of drug-likeness (QED) is 0.774. The number of rotatable bonds is 6. The van der Waals surface area contributed by atoms with E-state index in [1.165, 1.54) is 12.8 Å². The number of hydrogen-bond acceptors (Lipinski definition) is 4. The first-order valence-electron chi connectivity index (χ1n) is 5.65. The van der Waals surface area contributed by atoms with Crippen LogP contribution in [0.15, 0.2) is 5.38 Å². The van der Waals surface area contributed by atoms with Crippen LogP contribution in [0.5, 0.6) is 0 Å². The van der Waals surface area contributed by atoms with Crippen LogP contribution in [0.4, 0.5) is 0 Å². The van der Waals surface area contributed by atoms with E-state index in [0.29, 0.717) is 19.1 Å². The molecule has 5 heteroatoms. The summed E-state index contributed by atoms with van der Waals surface area (Å²) in [6.45, 7) is 3.11. The maximum atomic E-state index is 11.4. The van der Waals surface area contributed by atoms with Crippen LogP contribution in [0.3, 0.4) is 0 Å². The van der Waals surface area contributed by atoms with E-state index in [1.807, 2.05) is 12.3 Å². The topological polar surface area (TPSA) is 54.0 Å². The highest BCUT2D eigenvalue weighted by Crippen LogP contribution is 2.17. The van der Waals surface area contributed by atoms with Crippen LogP contribution in [0.1, 0.15) is 23.5 Å². The molecule has 0 bridgehead atoms. The van der Waals surface area contributed by atoms with Gasteiger partial charge in [0.15, 0.2) is 0 Å². The lowest BCUT2D eigenvalue weighted by Crippen LogP contribution is -2.35. The SMILES string of the molecule is Cc1nc(CCNC(=O)CNC2CC2)cs1. The number of nitrogens with one attached hydrogen (secondary N) is 2. The second kappa shape index (κ2) is 5.41. The van der Waals surface area contributed by atoms with E-state index in [0.717, 1.165) is 17.1 Å². The third-order valence-electron chi connectivity index (χ3n) is 2.50. The highest BCUT2D eigenvalue weighted by atomic mass is 32.1. The van der Waals surface area contributed by atoms with Gasteiger partial charge >= 0.3 is 0 Å². The molecule has 16 heavy (non-hydrogen) atoms. The highest BCUT2D eigenvalue weighted by Gasteiger charge is 2.20. The predicted molar refractivity (Wildman–Crippen MR) is 64.6 cm³/mol. The molecule has 1 saturated carbocycles. The second-order valence-electron chi connectivity index (χ2n) is 4.11. The Morgan fingerprint density at radius 2 is 2.44 bits per heavy atom. The molecule has 1 amide bonds. The largest absolute Gasteiger partial charge is 0.355 e. The Balaban J connectivity index is 1.57. The number of hydrogen-bond donors (Lipinski definition) is 2. The normalized spacial score (nSPS) is 15.1. The molecule has 1 aliphatic rings. The Bertz CT molecular complexity index is 360. The number of thiazole rings is 1. The van der Waals surface area contributed by atoms with Gasteiger partial charge in [-0.05, 0) is 19.8 Å². The molecule has 1 aromatic heterocycles. The highest BCUT2D eigenvalue weighted by molar-refractivity contribution is 7.09. The van der Waals surface area contributed by atoms with Gasteiger partial charge < -0.3 is 10.6 Å². The number of aromatic nitrogens is 1. The van der Waals surface area contributed by atoms with Crippen molar-refractivity contribution in [2.45, 2.75) is 32.2 Å². The van der Waals surface area contributed by atoms with Gasteiger partial charge in [-0.15, -0.1) is 11.3 Å². The lowest BCUT2D eigenvalue weighted by Gasteiger charge is -2.04. The van der Waals surface area contributed by atoms with E-state index in [-0.39, 0.29) is 5.91 Å². The smallest absolute Gasteiger partial charge is 0.233 e. The lowest BCUT2D eigenvalue weighted by molar-refractivity contribution is -0.120. The van der Waals surface area contributed by atoms with Crippen molar-refractivity contribution in [2.75, 3.05) is 13.1 Å². The van der Waals surface area contributed by atoms with Crippen molar-refractivity contribution >= 4 is 17.2 Å². The van der Waals surface area contributed by atoms with Gasteiger partial charge in [0.25, 0.3) is 0 Å². The van der Waals surface area contributed by atoms with Crippen molar-refractivity contribution in [2.24, 2.45) is 0 Å². The molecule has 0 saturated heterocycles. The predicted octanol–water partition coefficient (Wildman–Crippen LogP) is 0.862. The van der Waals surface area contributed by atoms with Crippen molar-refractivity contribution in [1.29, 1.82) is 0 Å². The Morgan fingerprint density at radius 1 is 1.62 bits per heavy atom. The van der Waals surface area contributed by atoms with Gasteiger partial charge in [0.1, 0.15) is 0 Å². The average Bonchev–Trinajstić information content (AvgIpc) is 2.99. The Morgan fingerprint density at radius 3 is 3.06 bits per heavy atom. The van der Waals surface area contributed by atoms with Crippen molar-refractivity contribution in [3.8, 4) is 0 Å². The maximum absolute atomic E-state index is 11.4. The number of carbonyl (C=O) groups excluding carboxylic acids is 1. The molecule has 2 N–H and O–H groups in total. The summed E-state index contributed by atoms with van der Waals surface area (Å²) in [5.41, 5.74) is 1.07. The molecule has 1 aliphatic carbocycles. The monoisotopic (exact) mass is 239 g/mol. The van der Waals surface area contributed by atoms with Crippen LogP contribution in [-0.2, 0) is 11.2 Å². The molecule has 2 rings (SSSR count). The first-order chi connectivity index (χ1) is 7.74. The molecule has 1 heterocycles. The van der Waals surface area contributed by atoms with Gasteiger partial charge in [-0.3, -0.25) is 4.79 Å². The molecule has 1 aromatic rings. The molecule has 0 atom stereocenters. The fourth-order valence-corrected chi connectivity index (χ4v) is 2.09. The van der Waals surface area contributed by atoms with Crippen molar-refractivity contribution in [3.63, 3.8) is 0 Å². The summed E-state index contributed by atoms with van der Waals surface area (Å²) in [7, 11) is 0. The van der Waals surface area contributed by atoms with Crippen LogP contribution < -0.4 is 10.6 Å². The first-order valence-corrected chi connectivity index (χ1v) is 6.53. The number of amides is 1. The Kier molecular flexibility index (Phi) is 3.90. The maximum Gasteiger partial charge on any atom is 0.233 e. The molecule has 0 spiro atoms. The molecule has 0 radical (unpaired) electrons. The Labute approximate surface area is 99.5 Å². The van der Waals surface area contributed by atoms with Crippen molar-refractivity contribution in [3.05, 3.63) is 16.1 Å². The van der Waals surface area contributed by atoms with Gasteiger partial charge in [-0.2, -0.15) is 0 Å². The van der Waals surface area contributed by atoms with Crippen LogP contribution >= 0.6 is 11.3 Å². The summed E-state index contributed by atoms with van der Waals surface area (Å²) in [4.78, 5) is 15.7. The third-order valence-corrected chi connectivity index (χ3v) is 3.32. The van der Waals surface area contributed by atoms with Crippen molar-refractivity contribution in [1.82, 2.24) is 15.6 Å². The molecule has 0 unspecified atom stereocenters. The second-order valence-corrected chi connectivity index (χ2v) is 5.18.